The van der Waals surface area contributed by atoms with Crippen molar-refractivity contribution in [1.29, 1.82) is 0 Å². The number of halogens is 3. The van der Waals surface area contributed by atoms with Gasteiger partial charge in [-0.25, -0.2) is 0 Å². The molecule has 0 unspecified atom stereocenters. The molecule has 2 aromatic carbocycles. The van der Waals surface area contributed by atoms with Crippen molar-refractivity contribution in [1.82, 2.24) is 0 Å². The van der Waals surface area contributed by atoms with E-state index in [1.807, 2.05) is 32.9 Å². The maximum Gasteiger partial charge on any atom is 0.416 e. The zero-order valence-corrected chi connectivity index (χ0v) is 16.1. The summed E-state index contributed by atoms with van der Waals surface area (Å²) in [5.74, 6) is -1.26. The molecule has 0 fully saturated rings. The molecule has 9 heteroatoms. The number of benzene rings is 2. The van der Waals surface area contributed by atoms with Crippen LogP contribution in [0.15, 0.2) is 41.6 Å². The van der Waals surface area contributed by atoms with Gasteiger partial charge in [-0.05, 0) is 50.1 Å². The topological polar surface area (TPSA) is 79.8 Å². The van der Waals surface area contributed by atoms with Crippen LogP contribution in [0.25, 0.3) is 0 Å². The van der Waals surface area contributed by atoms with Gasteiger partial charge in [-0.1, -0.05) is 28.9 Å². The molecule has 0 aliphatic carbocycles. The van der Waals surface area contributed by atoms with E-state index in [9.17, 15) is 22.8 Å². The van der Waals surface area contributed by atoms with Crippen LogP contribution in [-0.2, 0) is 20.6 Å². The Morgan fingerprint density at radius 3 is 2.34 bits per heavy atom. The van der Waals surface area contributed by atoms with Crippen LogP contribution in [0, 0.1) is 20.8 Å². The molecule has 0 aromatic heterocycles. The van der Waals surface area contributed by atoms with Gasteiger partial charge < -0.3 is 15.5 Å². The lowest BCUT2D eigenvalue weighted by Crippen LogP contribution is -2.19. The third-order valence-electron chi connectivity index (χ3n) is 3.84. The highest BCUT2D eigenvalue weighted by atomic mass is 19.4. The molecule has 0 bridgehead atoms. The Hall–Kier alpha value is -3.36. The predicted octanol–water partition coefficient (Wildman–Crippen LogP) is 4.21. The van der Waals surface area contributed by atoms with Crippen molar-refractivity contribution < 1.29 is 27.6 Å². The Labute approximate surface area is 165 Å². The van der Waals surface area contributed by atoms with Crippen LogP contribution in [0.3, 0.4) is 0 Å². The fourth-order valence-corrected chi connectivity index (χ4v) is 2.68. The number of carbonyl (C=O) groups is 2. The number of rotatable bonds is 6. The summed E-state index contributed by atoms with van der Waals surface area (Å²) in [5, 5.41) is 8.30. The SMILES string of the molecule is Cc1cc(C)c(NC(=O)CON=CC(=O)Nc2cccc(C(F)(F)F)c2)c(C)c1. The number of alkyl halides is 3. The number of nitrogens with zero attached hydrogens (tertiary/aromatic N) is 1. The van der Waals surface area contributed by atoms with Gasteiger partial charge in [0.25, 0.3) is 11.8 Å². The first-order valence-electron chi connectivity index (χ1n) is 8.57. The molecule has 0 saturated carbocycles. The summed E-state index contributed by atoms with van der Waals surface area (Å²) in [5.41, 5.74) is 2.63. The monoisotopic (exact) mass is 407 g/mol. The lowest BCUT2D eigenvalue weighted by molar-refractivity contribution is -0.137. The van der Waals surface area contributed by atoms with Gasteiger partial charge in [0.15, 0.2) is 6.61 Å². The molecule has 0 heterocycles. The van der Waals surface area contributed by atoms with Crippen LogP contribution in [0.5, 0.6) is 0 Å². The molecular formula is C20H20F3N3O3. The third kappa shape index (κ3) is 6.63. The van der Waals surface area contributed by atoms with Crippen LogP contribution in [0.1, 0.15) is 22.3 Å². The van der Waals surface area contributed by atoms with E-state index < -0.39 is 30.2 Å². The van der Waals surface area contributed by atoms with E-state index in [-0.39, 0.29) is 5.69 Å². The quantitative estimate of drug-likeness (QED) is 0.556. The molecular weight excluding hydrogens is 387 g/mol. The van der Waals surface area contributed by atoms with Crippen LogP contribution >= 0.6 is 0 Å². The van der Waals surface area contributed by atoms with E-state index >= 15 is 0 Å². The summed E-state index contributed by atoms with van der Waals surface area (Å²) in [6.45, 7) is 5.26. The first kappa shape index (κ1) is 21.9. The molecule has 0 atom stereocenters. The van der Waals surface area contributed by atoms with Gasteiger partial charge in [0.2, 0.25) is 0 Å². The molecule has 154 valence electrons. The van der Waals surface area contributed by atoms with E-state index in [0.29, 0.717) is 5.69 Å². The van der Waals surface area contributed by atoms with E-state index in [1.54, 1.807) is 0 Å². The van der Waals surface area contributed by atoms with Crippen molar-refractivity contribution >= 4 is 29.4 Å². The van der Waals surface area contributed by atoms with Gasteiger partial charge in [0.1, 0.15) is 6.21 Å². The third-order valence-corrected chi connectivity index (χ3v) is 3.84. The molecule has 6 nitrogen and oxygen atoms in total. The Morgan fingerprint density at radius 1 is 1.07 bits per heavy atom. The van der Waals surface area contributed by atoms with Crippen molar-refractivity contribution in [3.05, 3.63) is 58.7 Å². The second-order valence-corrected chi connectivity index (χ2v) is 6.40. The van der Waals surface area contributed by atoms with E-state index in [2.05, 4.69) is 15.8 Å². The molecule has 2 rings (SSSR count). The number of carbonyl (C=O) groups excluding carboxylic acids is 2. The lowest BCUT2D eigenvalue weighted by Gasteiger charge is -2.12. The molecule has 0 aliphatic heterocycles. The minimum Gasteiger partial charge on any atom is -0.385 e. The fraction of sp³-hybridized carbons (Fsp3) is 0.250. The summed E-state index contributed by atoms with van der Waals surface area (Å²) < 4.78 is 38.0. The average Bonchev–Trinajstić information content (AvgIpc) is 2.61. The summed E-state index contributed by atoms with van der Waals surface area (Å²) in [7, 11) is 0. The standard InChI is InChI=1S/C20H20F3N3O3/c1-12-7-13(2)19(14(3)8-12)26-18(28)11-29-24-10-17(27)25-16-6-4-5-15(9-16)20(21,22)23/h4-10H,11H2,1-3H3,(H,25,27)(H,26,28). The second-order valence-electron chi connectivity index (χ2n) is 6.40. The summed E-state index contributed by atoms with van der Waals surface area (Å²) in [6.07, 6.45) is -3.78. The van der Waals surface area contributed by atoms with Gasteiger partial charge in [-0.2, -0.15) is 13.2 Å². The van der Waals surface area contributed by atoms with E-state index in [0.717, 1.165) is 35.0 Å². The van der Waals surface area contributed by atoms with Gasteiger partial charge in [-0.3, -0.25) is 9.59 Å². The maximum atomic E-state index is 12.7. The Bertz CT molecular complexity index is 917. The van der Waals surface area contributed by atoms with Gasteiger partial charge in [0.05, 0.1) is 5.56 Å². The lowest BCUT2D eigenvalue weighted by atomic mass is 10.1. The summed E-state index contributed by atoms with van der Waals surface area (Å²) in [6, 6.07) is 8.03. The Morgan fingerprint density at radius 2 is 1.72 bits per heavy atom. The molecule has 2 N–H and O–H groups in total. The number of aryl methyl sites for hydroxylation is 3. The highest BCUT2D eigenvalue weighted by Crippen LogP contribution is 2.30. The largest absolute Gasteiger partial charge is 0.416 e. The number of hydrogen-bond donors (Lipinski definition) is 2. The normalized spacial score (nSPS) is 11.4. The minimum absolute atomic E-state index is 0.0423. The Kier molecular flexibility index (Phi) is 6.98. The molecule has 0 radical (unpaired) electrons. The van der Waals surface area contributed by atoms with Gasteiger partial charge in [0, 0.05) is 11.4 Å². The van der Waals surface area contributed by atoms with Crippen molar-refractivity contribution in [2.75, 3.05) is 17.2 Å². The number of nitrogens with one attached hydrogen (secondary N) is 2. The van der Waals surface area contributed by atoms with Crippen molar-refractivity contribution in [2.45, 2.75) is 26.9 Å². The molecule has 0 aliphatic rings. The van der Waals surface area contributed by atoms with Crippen LogP contribution in [-0.4, -0.2) is 24.6 Å². The molecule has 29 heavy (non-hydrogen) atoms. The molecule has 0 saturated heterocycles. The molecule has 2 amide bonds. The number of hydrogen-bond acceptors (Lipinski definition) is 4. The van der Waals surface area contributed by atoms with Gasteiger partial charge in [-0.15, -0.1) is 0 Å². The average molecular weight is 407 g/mol. The first-order valence-corrected chi connectivity index (χ1v) is 8.57. The second kappa shape index (κ2) is 9.22. The van der Waals surface area contributed by atoms with Crippen molar-refractivity contribution in [3.63, 3.8) is 0 Å². The zero-order valence-electron chi connectivity index (χ0n) is 16.1. The fourth-order valence-electron chi connectivity index (χ4n) is 2.68. The van der Waals surface area contributed by atoms with Crippen LogP contribution in [0.2, 0.25) is 0 Å². The van der Waals surface area contributed by atoms with Gasteiger partial charge >= 0.3 is 6.18 Å². The predicted molar refractivity (Wildman–Crippen MR) is 104 cm³/mol. The van der Waals surface area contributed by atoms with E-state index in [4.69, 9.17) is 4.84 Å². The maximum absolute atomic E-state index is 12.7. The summed E-state index contributed by atoms with van der Waals surface area (Å²) in [4.78, 5) is 28.4. The molecule has 0 spiro atoms. The number of amides is 2. The number of anilines is 2. The highest BCUT2D eigenvalue weighted by Gasteiger charge is 2.30. The van der Waals surface area contributed by atoms with Crippen LogP contribution < -0.4 is 10.6 Å². The zero-order chi connectivity index (χ0) is 21.6. The Balaban J connectivity index is 1.84. The summed E-state index contributed by atoms with van der Waals surface area (Å²) >= 11 is 0. The van der Waals surface area contributed by atoms with Crippen LogP contribution in [0.4, 0.5) is 24.5 Å². The first-order chi connectivity index (χ1) is 13.6. The van der Waals surface area contributed by atoms with Crippen molar-refractivity contribution in [3.8, 4) is 0 Å². The number of oxime groups is 1. The molecule has 2 aromatic rings. The highest BCUT2D eigenvalue weighted by molar-refractivity contribution is 6.31. The van der Waals surface area contributed by atoms with Crippen molar-refractivity contribution in [2.24, 2.45) is 5.16 Å². The minimum atomic E-state index is -4.51. The van der Waals surface area contributed by atoms with E-state index in [1.165, 1.54) is 12.1 Å². The smallest absolute Gasteiger partial charge is 0.385 e.